The molecule has 2 nitrogen and oxygen atoms in total. The Labute approximate surface area is 97.8 Å². The predicted octanol–water partition coefficient (Wildman–Crippen LogP) is 2.95. The number of hydrogen-bond donors (Lipinski definition) is 1. The Morgan fingerprint density at radius 1 is 1.19 bits per heavy atom. The molecule has 0 spiro atoms. The fourth-order valence-electron chi connectivity index (χ4n) is 2.29. The largest absolute Gasteiger partial charge is 0.489 e. The fraction of sp³-hybridized carbons (Fsp3) is 0.571. The van der Waals surface area contributed by atoms with Crippen molar-refractivity contribution in [1.29, 1.82) is 0 Å². The molecule has 0 radical (unpaired) electrons. The van der Waals surface area contributed by atoms with Crippen LogP contribution in [0.25, 0.3) is 0 Å². The minimum atomic E-state index is 0.202. The summed E-state index contributed by atoms with van der Waals surface area (Å²) in [6.07, 6.45) is 4.87. The molecule has 0 amide bonds. The average molecular weight is 219 g/mol. The van der Waals surface area contributed by atoms with Crippen molar-refractivity contribution in [3.63, 3.8) is 0 Å². The van der Waals surface area contributed by atoms with Gasteiger partial charge in [-0.25, -0.2) is 0 Å². The highest BCUT2D eigenvalue weighted by Gasteiger charge is 2.23. The molecular weight excluding hydrogens is 198 g/mol. The van der Waals surface area contributed by atoms with E-state index in [0.29, 0.717) is 0 Å². The molecule has 0 heterocycles. The number of hydrogen-bond acceptors (Lipinski definition) is 2. The van der Waals surface area contributed by atoms with E-state index in [0.717, 1.165) is 18.6 Å². The smallest absolute Gasteiger partial charge is 0.122 e. The van der Waals surface area contributed by atoms with Gasteiger partial charge >= 0.3 is 0 Å². The first-order valence-electron chi connectivity index (χ1n) is 6.17. The van der Waals surface area contributed by atoms with E-state index >= 15 is 0 Å². The maximum atomic E-state index is 6.09. The van der Waals surface area contributed by atoms with Crippen LogP contribution in [-0.2, 0) is 0 Å². The van der Waals surface area contributed by atoms with Crippen LogP contribution < -0.4 is 10.5 Å². The maximum absolute atomic E-state index is 6.09. The van der Waals surface area contributed by atoms with E-state index in [-0.39, 0.29) is 12.1 Å². The van der Waals surface area contributed by atoms with Crippen LogP contribution in [0, 0.1) is 13.8 Å². The van der Waals surface area contributed by atoms with Crippen molar-refractivity contribution in [1.82, 2.24) is 0 Å². The number of rotatable bonds is 2. The summed E-state index contributed by atoms with van der Waals surface area (Å²) in [6, 6.07) is 6.41. The van der Waals surface area contributed by atoms with Gasteiger partial charge in [0.15, 0.2) is 0 Å². The van der Waals surface area contributed by atoms with Crippen molar-refractivity contribution >= 4 is 0 Å². The topological polar surface area (TPSA) is 35.2 Å². The molecule has 1 aromatic rings. The predicted molar refractivity (Wildman–Crippen MR) is 66.8 cm³/mol. The highest BCUT2D eigenvalue weighted by atomic mass is 16.5. The Hall–Kier alpha value is -1.02. The molecule has 1 fully saturated rings. The summed E-state index contributed by atoms with van der Waals surface area (Å²) >= 11 is 0. The van der Waals surface area contributed by atoms with Gasteiger partial charge in [0.1, 0.15) is 11.9 Å². The van der Waals surface area contributed by atoms with Gasteiger partial charge in [-0.05, 0) is 50.3 Å². The second-order valence-electron chi connectivity index (χ2n) is 4.80. The van der Waals surface area contributed by atoms with Gasteiger partial charge in [-0.2, -0.15) is 0 Å². The summed E-state index contributed by atoms with van der Waals surface area (Å²) in [5.41, 5.74) is 8.61. The van der Waals surface area contributed by atoms with E-state index < -0.39 is 0 Å². The zero-order chi connectivity index (χ0) is 11.5. The molecule has 2 N–H and O–H groups in total. The Kier molecular flexibility index (Phi) is 3.49. The Morgan fingerprint density at radius 3 is 2.69 bits per heavy atom. The molecule has 2 heteroatoms. The number of benzene rings is 1. The normalized spacial score (nSPS) is 25.4. The maximum Gasteiger partial charge on any atom is 0.122 e. The third kappa shape index (κ3) is 2.38. The van der Waals surface area contributed by atoms with Crippen molar-refractivity contribution in [3.05, 3.63) is 29.3 Å². The zero-order valence-electron chi connectivity index (χ0n) is 10.2. The van der Waals surface area contributed by atoms with Crippen LogP contribution >= 0.6 is 0 Å². The lowest BCUT2D eigenvalue weighted by molar-refractivity contribution is 0.131. The van der Waals surface area contributed by atoms with Gasteiger partial charge in [-0.15, -0.1) is 0 Å². The highest BCUT2D eigenvalue weighted by Crippen LogP contribution is 2.26. The minimum absolute atomic E-state index is 0.202. The van der Waals surface area contributed by atoms with E-state index in [2.05, 4.69) is 19.9 Å². The fourth-order valence-corrected chi connectivity index (χ4v) is 2.29. The van der Waals surface area contributed by atoms with E-state index in [1.807, 2.05) is 12.1 Å². The first kappa shape index (κ1) is 11.5. The van der Waals surface area contributed by atoms with Gasteiger partial charge in [0.2, 0.25) is 0 Å². The summed E-state index contributed by atoms with van der Waals surface area (Å²) in [6.45, 7) is 4.22. The molecule has 2 unspecified atom stereocenters. The molecule has 1 aromatic carbocycles. The van der Waals surface area contributed by atoms with E-state index in [9.17, 15) is 0 Å². The Morgan fingerprint density at radius 2 is 1.94 bits per heavy atom. The SMILES string of the molecule is Cc1cccc(OC2CCCCC2N)c1C. The van der Waals surface area contributed by atoms with Crippen LogP contribution in [0.2, 0.25) is 0 Å². The molecule has 1 saturated carbocycles. The van der Waals surface area contributed by atoms with Gasteiger partial charge in [0.25, 0.3) is 0 Å². The van der Waals surface area contributed by atoms with Crippen molar-refractivity contribution in [2.45, 2.75) is 51.7 Å². The van der Waals surface area contributed by atoms with Crippen LogP contribution in [0.15, 0.2) is 18.2 Å². The van der Waals surface area contributed by atoms with E-state index in [4.69, 9.17) is 10.5 Å². The quantitative estimate of drug-likeness (QED) is 0.830. The summed E-state index contributed by atoms with van der Waals surface area (Å²) < 4.78 is 6.05. The molecule has 0 saturated heterocycles. The summed E-state index contributed by atoms with van der Waals surface area (Å²) in [5, 5.41) is 0. The third-order valence-corrected chi connectivity index (χ3v) is 3.59. The lowest BCUT2D eigenvalue weighted by Gasteiger charge is -2.29. The number of nitrogens with two attached hydrogens (primary N) is 1. The van der Waals surface area contributed by atoms with Crippen LogP contribution in [0.4, 0.5) is 0 Å². The van der Waals surface area contributed by atoms with Crippen molar-refractivity contribution in [2.24, 2.45) is 5.73 Å². The number of aryl methyl sites for hydroxylation is 1. The van der Waals surface area contributed by atoms with Gasteiger partial charge in [-0.1, -0.05) is 18.6 Å². The number of ether oxygens (including phenoxy) is 1. The highest BCUT2D eigenvalue weighted by molar-refractivity contribution is 5.38. The third-order valence-electron chi connectivity index (χ3n) is 3.59. The molecule has 2 atom stereocenters. The van der Waals surface area contributed by atoms with Crippen LogP contribution in [0.5, 0.6) is 5.75 Å². The molecule has 16 heavy (non-hydrogen) atoms. The molecule has 0 bridgehead atoms. The van der Waals surface area contributed by atoms with Gasteiger partial charge < -0.3 is 10.5 Å². The molecule has 1 aliphatic rings. The average Bonchev–Trinajstić information content (AvgIpc) is 2.28. The van der Waals surface area contributed by atoms with Crippen LogP contribution in [-0.4, -0.2) is 12.1 Å². The second-order valence-corrected chi connectivity index (χ2v) is 4.80. The van der Waals surface area contributed by atoms with Gasteiger partial charge in [0, 0.05) is 6.04 Å². The van der Waals surface area contributed by atoms with Crippen LogP contribution in [0.3, 0.4) is 0 Å². The Bertz CT molecular complexity index is 362. The zero-order valence-corrected chi connectivity index (χ0v) is 10.2. The van der Waals surface area contributed by atoms with Gasteiger partial charge in [-0.3, -0.25) is 0 Å². The van der Waals surface area contributed by atoms with Crippen LogP contribution in [0.1, 0.15) is 36.8 Å². The molecule has 88 valence electrons. The minimum Gasteiger partial charge on any atom is -0.489 e. The molecule has 2 rings (SSSR count). The first-order valence-corrected chi connectivity index (χ1v) is 6.17. The van der Waals surface area contributed by atoms with E-state index in [1.54, 1.807) is 0 Å². The first-order chi connectivity index (χ1) is 7.68. The van der Waals surface area contributed by atoms with Gasteiger partial charge in [0.05, 0.1) is 0 Å². The lowest BCUT2D eigenvalue weighted by atomic mass is 9.93. The second kappa shape index (κ2) is 4.88. The Balaban J connectivity index is 2.10. The van der Waals surface area contributed by atoms with Crippen molar-refractivity contribution in [2.75, 3.05) is 0 Å². The van der Waals surface area contributed by atoms with Crippen molar-refractivity contribution < 1.29 is 4.74 Å². The summed E-state index contributed by atoms with van der Waals surface area (Å²) in [7, 11) is 0. The van der Waals surface area contributed by atoms with Crippen molar-refractivity contribution in [3.8, 4) is 5.75 Å². The monoisotopic (exact) mass is 219 g/mol. The molecular formula is C14H21NO. The standard InChI is InChI=1S/C14H21NO/c1-10-6-5-9-13(11(10)2)16-14-8-4-3-7-12(14)15/h5-6,9,12,14H,3-4,7-8,15H2,1-2H3. The summed E-state index contributed by atoms with van der Waals surface area (Å²) in [4.78, 5) is 0. The van der Waals surface area contributed by atoms with E-state index in [1.165, 1.54) is 24.0 Å². The molecule has 0 aliphatic heterocycles. The summed E-state index contributed by atoms with van der Waals surface area (Å²) in [5.74, 6) is 1.00. The molecule has 0 aromatic heterocycles. The molecule has 1 aliphatic carbocycles. The lowest BCUT2D eigenvalue weighted by Crippen LogP contribution is -2.41.